The Bertz CT molecular complexity index is 1400. The third kappa shape index (κ3) is 4.29. The molecule has 180 valence electrons. The van der Waals surface area contributed by atoms with Crippen LogP contribution in [0.5, 0.6) is 5.75 Å². The topological polar surface area (TPSA) is 47.4 Å². The first-order valence-electron chi connectivity index (χ1n) is 11.9. The van der Waals surface area contributed by atoms with Gasteiger partial charge in [-0.2, -0.15) is 5.10 Å². The van der Waals surface area contributed by atoms with Gasteiger partial charge in [0, 0.05) is 17.3 Å². The maximum absolute atomic E-state index is 13.3. The van der Waals surface area contributed by atoms with Gasteiger partial charge in [-0.3, -0.25) is 4.79 Å². The number of aromatic nitrogens is 2. The van der Waals surface area contributed by atoms with E-state index < -0.39 is 5.41 Å². The van der Waals surface area contributed by atoms with Crippen LogP contribution in [0.25, 0.3) is 16.6 Å². The van der Waals surface area contributed by atoms with Gasteiger partial charge in [0.05, 0.1) is 23.4 Å². The molecule has 1 aliphatic rings. The highest BCUT2D eigenvalue weighted by molar-refractivity contribution is 5.83. The Morgan fingerprint density at radius 1 is 1.06 bits per heavy atom. The van der Waals surface area contributed by atoms with Crippen molar-refractivity contribution in [1.29, 1.82) is 0 Å². The van der Waals surface area contributed by atoms with Gasteiger partial charge in [-0.1, -0.05) is 44.5 Å². The molecule has 4 aromatic rings. The van der Waals surface area contributed by atoms with Gasteiger partial charge in [0.2, 0.25) is 5.91 Å². The second-order valence-electron chi connectivity index (χ2n) is 10.4. The normalized spacial score (nSPS) is 17.9. The summed E-state index contributed by atoms with van der Waals surface area (Å²) in [6.45, 7) is 10.6. The molecule has 35 heavy (non-hydrogen) atoms. The fourth-order valence-electron chi connectivity index (χ4n) is 4.77. The fourth-order valence-corrected chi connectivity index (χ4v) is 4.77. The summed E-state index contributed by atoms with van der Waals surface area (Å²) in [6, 6.07) is 18.3. The van der Waals surface area contributed by atoms with Crippen molar-refractivity contribution < 1.29 is 13.9 Å². The van der Waals surface area contributed by atoms with E-state index in [0.717, 1.165) is 33.3 Å². The molecule has 3 aromatic carbocycles. The van der Waals surface area contributed by atoms with E-state index in [1.54, 1.807) is 23.0 Å². The van der Waals surface area contributed by atoms with Crippen molar-refractivity contribution >= 4 is 16.8 Å². The van der Waals surface area contributed by atoms with E-state index >= 15 is 0 Å². The number of amides is 1. The molecule has 5 rings (SSSR count). The van der Waals surface area contributed by atoms with Crippen LogP contribution < -0.4 is 4.74 Å². The SMILES string of the molecule is Cc1ccc2c(c1)CN(C(=O)C(C)(C)C)[C@@H](C)[C@@H]2Oc1ccc2c(cnn2-c2ccc(F)cc2)c1. The van der Waals surface area contributed by atoms with Crippen LogP contribution in [0.1, 0.15) is 50.5 Å². The number of hydrogen-bond donors (Lipinski definition) is 0. The van der Waals surface area contributed by atoms with Crippen molar-refractivity contribution in [2.45, 2.75) is 53.3 Å². The zero-order valence-electron chi connectivity index (χ0n) is 20.7. The Morgan fingerprint density at radius 2 is 1.80 bits per heavy atom. The standard InChI is InChI=1S/C29H30FN3O2/c1-18-6-12-25-21(14-18)17-32(28(34)29(3,4)5)19(2)27(25)35-24-11-13-26-20(15-24)16-31-33(26)23-9-7-22(30)8-10-23/h6-16,19,27H,17H2,1-5H3/t19-,27-/m0/s1. The van der Waals surface area contributed by atoms with Crippen LogP contribution >= 0.6 is 0 Å². The van der Waals surface area contributed by atoms with Crippen LogP contribution in [0.3, 0.4) is 0 Å². The average Bonchev–Trinajstić information content (AvgIpc) is 3.23. The lowest BCUT2D eigenvalue weighted by Gasteiger charge is -2.43. The Balaban J connectivity index is 1.49. The largest absolute Gasteiger partial charge is 0.484 e. The highest BCUT2D eigenvalue weighted by Gasteiger charge is 2.39. The number of rotatable bonds is 3. The number of halogens is 1. The summed E-state index contributed by atoms with van der Waals surface area (Å²) in [7, 11) is 0. The third-order valence-electron chi connectivity index (χ3n) is 6.65. The van der Waals surface area contributed by atoms with Gasteiger partial charge < -0.3 is 9.64 Å². The number of aryl methyl sites for hydroxylation is 1. The zero-order chi connectivity index (χ0) is 24.9. The molecule has 6 heteroatoms. The molecular weight excluding hydrogens is 441 g/mol. The molecular formula is C29H30FN3O2. The summed E-state index contributed by atoms with van der Waals surface area (Å²) < 4.78 is 21.7. The van der Waals surface area contributed by atoms with Gasteiger partial charge in [0.1, 0.15) is 17.7 Å². The summed E-state index contributed by atoms with van der Waals surface area (Å²) in [4.78, 5) is 15.2. The van der Waals surface area contributed by atoms with Crippen molar-refractivity contribution in [2.75, 3.05) is 0 Å². The molecule has 0 N–H and O–H groups in total. The molecule has 1 aliphatic heterocycles. The molecule has 0 saturated heterocycles. The summed E-state index contributed by atoms with van der Waals surface area (Å²) in [5.41, 5.74) is 4.61. The second kappa shape index (κ2) is 8.52. The predicted octanol–water partition coefficient (Wildman–Crippen LogP) is 6.37. The number of hydrogen-bond acceptors (Lipinski definition) is 3. The van der Waals surface area contributed by atoms with Crippen molar-refractivity contribution in [3.8, 4) is 11.4 Å². The van der Waals surface area contributed by atoms with Gasteiger partial charge in [-0.05, 0) is 67.4 Å². The molecule has 5 nitrogen and oxygen atoms in total. The third-order valence-corrected chi connectivity index (χ3v) is 6.65. The molecule has 0 saturated carbocycles. The fraction of sp³-hybridized carbons (Fsp3) is 0.310. The lowest BCUT2D eigenvalue weighted by Crippen LogP contribution is -2.50. The molecule has 0 bridgehead atoms. The number of ether oxygens (including phenoxy) is 1. The number of carbonyl (C=O) groups excluding carboxylic acids is 1. The van der Waals surface area contributed by atoms with Crippen molar-refractivity contribution in [2.24, 2.45) is 5.41 Å². The van der Waals surface area contributed by atoms with Gasteiger partial charge in [0.15, 0.2) is 0 Å². The van der Waals surface area contributed by atoms with Crippen LogP contribution in [0.15, 0.2) is 66.9 Å². The number of benzene rings is 3. The molecule has 0 radical (unpaired) electrons. The summed E-state index contributed by atoms with van der Waals surface area (Å²) in [5.74, 6) is 0.545. The summed E-state index contributed by atoms with van der Waals surface area (Å²) >= 11 is 0. The lowest BCUT2D eigenvalue weighted by molar-refractivity contribution is -0.145. The number of carbonyl (C=O) groups is 1. The average molecular weight is 472 g/mol. The molecule has 1 amide bonds. The molecule has 0 aliphatic carbocycles. The number of fused-ring (bicyclic) bond motifs is 2. The minimum absolute atomic E-state index is 0.113. The molecule has 0 spiro atoms. The Hall–Kier alpha value is -3.67. The van der Waals surface area contributed by atoms with Crippen LogP contribution in [0, 0.1) is 18.2 Å². The van der Waals surface area contributed by atoms with Gasteiger partial charge in [-0.25, -0.2) is 9.07 Å². The minimum atomic E-state index is -0.478. The minimum Gasteiger partial charge on any atom is -0.484 e. The Morgan fingerprint density at radius 3 is 2.51 bits per heavy atom. The molecule has 1 aromatic heterocycles. The second-order valence-corrected chi connectivity index (χ2v) is 10.4. The zero-order valence-corrected chi connectivity index (χ0v) is 20.7. The summed E-state index contributed by atoms with van der Waals surface area (Å²) in [6.07, 6.45) is 1.48. The van der Waals surface area contributed by atoms with Crippen molar-refractivity contribution in [1.82, 2.24) is 14.7 Å². The van der Waals surface area contributed by atoms with Crippen molar-refractivity contribution in [3.63, 3.8) is 0 Å². The van der Waals surface area contributed by atoms with Gasteiger partial charge in [0.25, 0.3) is 0 Å². The van der Waals surface area contributed by atoms with E-state index in [-0.39, 0.29) is 23.9 Å². The van der Waals surface area contributed by atoms with Crippen LogP contribution in [0.4, 0.5) is 4.39 Å². The molecule has 2 atom stereocenters. The lowest BCUT2D eigenvalue weighted by atomic mass is 9.87. The quantitative estimate of drug-likeness (QED) is 0.349. The highest BCUT2D eigenvalue weighted by Crippen LogP contribution is 2.38. The van der Waals surface area contributed by atoms with Crippen LogP contribution in [-0.2, 0) is 11.3 Å². The maximum Gasteiger partial charge on any atom is 0.228 e. The maximum atomic E-state index is 13.3. The van der Waals surface area contributed by atoms with E-state index in [1.807, 2.05) is 43.9 Å². The first kappa shape index (κ1) is 23.1. The molecule has 2 heterocycles. The van der Waals surface area contributed by atoms with E-state index in [0.29, 0.717) is 12.3 Å². The Kier molecular flexibility index (Phi) is 5.62. The summed E-state index contributed by atoms with van der Waals surface area (Å²) in [5, 5.41) is 5.41. The van der Waals surface area contributed by atoms with E-state index in [4.69, 9.17) is 4.74 Å². The van der Waals surface area contributed by atoms with Gasteiger partial charge >= 0.3 is 0 Å². The number of nitrogens with zero attached hydrogens (tertiary/aromatic N) is 3. The predicted molar refractivity (Wildman–Crippen MR) is 135 cm³/mol. The smallest absolute Gasteiger partial charge is 0.228 e. The first-order chi connectivity index (χ1) is 16.6. The monoisotopic (exact) mass is 471 g/mol. The van der Waals surface area contributed by atoms with E-state index in [2.05, 4.69) is 37.1 Å². The van der Waals surface area contributed by atoms with Gasteiger partial charge in [-0.15, -0.1) is 0 Å². The van der Waals surface area contributed by atoms with Crippen molar-refractivity contribution in [3.05, 3.63) is 89.4 Å². The van der Waals surface area contributed by atoms with Crippen LogP contribution in [-0.4, -0.2) is 26.6 Å². The van der Waals surface area contributed by atoms with Crippen LogP contribution in [0.2, 0.25) is 0 Å². The molecule has 0 unspecified atom stereocenters. The van der Waals surface area contributed by atoms with E-state index in [9.17, 15) is 9.18 Å². The Labute approximate surface area is 205 Å². The molecule has 0 fully saturated rings. The highest BCUT2D eigenvalue weighted by atomic mass is 19.1. The van der Waals surface area contributed by atoms with E-state index in [1.165, 1.54) is 12.1 Å². The first-order valence-corrected chi connectivity index (χ1v) is 11.9.